The van der Waals surface area contributed by atoms with Crippen LogP contribution in [0.5, 0.6) is 5.75 Å². The Labute approximate surface area is 126 Å². The molecule has 1 rings (SSSR count). The van der Waals surface area contributed by atoms with Gasteiger partial charge in [0.05, 0.1) is 11.6 Å². The van der Waals surface area contributed by atoms with Crippen molar-refractivity contribution in [1.82, 2.24) is 0 Å². The summed E-state index contributed by atoms with van der Waals surface area (Å²) in [6.45, 7) is 6.94. The number of hydrogen-bond donors (Lipinski definition) is 1. The fraction of sp³-hybridized carbons (Fsp3) is 0.533. The SMILES string of the molecule is CCCOc1cc(C)c(Cl)cc1CC(C)CC(N)=S. The summed E-state index contributed by atoms with van der Waals surface area (Å²) in [4.78, 5) is 0.557. The predicted molar refractivity (Wildman–Crippen MR) is 86.2 cm³/mol. The molecule has 19 heavy (non-hydrogen) atoms. The zero-order valence-electron chi connectivity index (χ0n) is 11.8. The number of hydrogen-bond acceptors (Lipinski definition) is 2. The van der Waals surface area contributed by atoms with Crippen molar-refractivity contribution in [3.8, 4) is 5.75 Å². The Balaban J connectivity index is 2.89. The molecule has 2 N–H and O–H groups in total. The minimum Gasteiger partial charge on any atom is -0.493 e. The van der Waals surface area contributed by atoms with Gasteiger partial charge in [-0.1, -0.05) is 37.7 Å². The Bertz CT molecular complexity index is 448. The first-order valence-electron chi connectivity index (χ1n) is 6.64. The number of thiocarbonyl (C=S) groups is 1. The molecule has 0 radical (unpaired) electrons. The average Bonchev–Trinajstić information content (AvgIpc) is 2.30. The molecule has 106 valence electrons. The molecule has 1 unspecified atom stereocenters. The number of nitrogens with two attached hydrogens (primary N) is 1. The number of benzene rings is 1. The highest BCUT2D eigenvalue weighted by molar-refractivity contribution is 7.80. The molecule has 0 aliphatic heterocycles. The highest BCUT2D eigenvalue weighted by atomic mass is 35.5. The summed E-state index contributed by atoms with van der Waals surface area (Å²) in [6, 6.07) is 4.01. The van der Waals surface area contributed by atoms with Crippen LogP contribution < -0.4 is 10.5 Å². The summed E-state index contributed by atoms with van der Waals surface area (Å²) in [5.74, 6) is 1.32. The molecule has 0 saturated carbocycles. The van der Waals surface area contributed by atoms with Crippen LogP contribution in [0.15, 0.2) is 12.1 Å². The van der Waals surface area contributed by atoms with E-state index in [2.05, 4.69) is 13.8 Å². The van der Waals surface area contributed by atoms with Gasteiger partial charge in [0.1, 0.15) is 5.75 Å². The molecule has 1 aromatic carbocycles. The van der Waals surface area contributed by atoms with Gasteiger partial charge in [0, 0.05) is 11.4 Å². The van der Waals surface area contributed by atoms with E-state index in [4.69, 9.17) is 34.3 Å². The Hall–Kier alpha value is -0.800. The lowest BCUT2D eigenvalue weighted by atomic mass is 9.96. The van der Waals surface area contributed by atoms with E-state index in [0.29, 0.717) is 10.9 Å². The second-order valence-corrected chi connectivity index (χ2v) is 5.97. The lowest BCUT2D eigenvalue weighted by molar-refractivity contribution is 0.312. The fourth-order valence-electron chi connectivity index (χ4n) is 1.99. The molecule has 0 saturated heterocycles. The van der Waals surface area contributed by atoms with E-state index in [1.165, 1.54) is 0 Å². The quantitative estimate of drug-likeness (QED) is 0.763. The van der Waals surface area contributed by atoms with Crippen molar-refractivity contribution in [2.24, 2.45) is 11.7 Å². The Kier molecular flexibility index (Phi) is 6.59. The third kappa shape index (κ3) is 5.37. The predicted octanol–water partition coefficient (Wildman–Crippen LogP) is 4.29. The summed E-state index contributed by atoms with van der Waals surface area (Å²) in [7, 11) is 0. The maximum atomic E-state index is 6.20. The summed E-state index contributed by atoms with van der Waals surface area (Å²) in [5.41, 5.74) is 7.77. The summed E-state index contributed by atoms with van der Waals surface area (Å²) < 4.78 is 5.81. The average molecular weight is 300 g/mol. The molecular weight excluding hydrogens is 278 g/mol. The molecule has 0 bridgehead atoms. The van der Waals surface area contributed by atoms with Crippen LogP contribution in [0.3, 0.4) is 0 Å². The zero-order chi connectivity index (χ0) is 14.4. The van der Waals surface area contributed by atoms with Crippen molar-refractivity contribution in [2.45, 2.75) is 40.0 Å². The van der Waals surface area contributed by atoms with Gasteiger partial charge >= 0.3 is 0 Å². The van der Waals surface area contributed by atoms with Crippen LogP contribution in [-0.4, -0.2) is 11.6 Å². The van der Waals surface area contributed by atoms with Crippen molar-refractivity contribution < 1.29 is 4.74 Å². The summed E-state index contributed by atoms with van der Waals surface area (Å²) in [5, 5.41) is 0.779. The number of aryl methyl sites for hydroxylation is 1. The van der Waals surface area contributed by atoms with Gasteiger partial charge in [-0.25, -0.2) is 0 Å². The van der Waals surface area contributed by atoms with Gasteiger partial charge in [0.2, 0.25) is 0 Å². The first-order valence-corrected chi connectivity index (χ1v) is 7.42. The topological polar surface area (TPSA) is 35.2 Å². The van der Waals surface area contributed by atoms with Crippen LogP contribution in [0, 0.1) is 12.8 Å². The minimum absolute atomic E-state index is 0.389. The molecule has 1 aromatic rings. The molecular formula is C15H22ClNOS. The summed E-state index contributed by atoms with van der Waals surface area (Å²) >= 11 is 11.2. The van der Waals surface area contributed by atoms with E-state index >= 15 is 0 Å². The Morgan fingerprint density at radius 3 is 2.74 bits per heavy atom. The first-order chi connectivity index (χ1) is 8.93. The van der Waals surface area contributed by atoms with Crippen molar-refractivity contribution in [1.29, 1.82) is 0 Å². The third-order valence-electron chi connectivity index (χ3n) is 2.92. The van der Waals surface area contributed by atoms with Crippen LogP contribution in [0.2, 0.25) is 5.02 Å². The maximum Gasteiger partial charge on any atom is 0.122 e. The van der Waals surface area contributed by atoms with Gasteiger partial charge in [-0.05, 0) is 48.9 Å². The highest BCUT2D eigenvalue weighted by Gasteiger charge is 2.12. The molecule has 0 aliphatic rings. The van der Waals surface area contributed by atoms with Crippen LogP contribution in [0.1, 0.15) is 37.8 Å². The van der Waals surface area contributed by atoms with Crippen molar-refractivity contribution in [3.63, 3.8) is 0 Å². The van der Waals surface area contributed by atoms with E-state index in [-0.39, 0.29) is 0 Å². The molecule has 4 heteroatoms. The van der Waals surface area contributed by atoms with Crippen molar-refractivity contribution >= 4 is 28.8 Å². The van der Waals surface area contributed by atoms with E-state index in [1.54, 1.807) is 0 Å². The van der Waals surface area contributed by atoms with Crippen LogP contribution in [0.4, 0.5) is 0 Å². The lowest BCUT2D eigenvalue weighted by Crippen LogP contribution is -2.14. The molecule has 0 fully saturated rings. The van der Waals surface area contributed by atoms with E-state index in [0.717, 1.165) is 47.8 Å². The van der Waals surface area contributed by atoms with Crippen molar-refractivity contribution in [2.75, 3.05) is 6.61 Å². The van der Waals surface area contributed by atoms with Crippen LogP contribution in [0.25, 0.3) is 0 Å². The van der Waals surface area contributed by atoms with Gasteiger partial charge < -0.3 is 10.5 Å². The molecule has 1 atom stereocenters. The zero-order valence-corrected chi connectivity index (χ0v) is 13.4. The molecule has 0 aliphatic carbocycles. The van der Waals surface area contributed by atoms with E-state index in [9.17, 15) is 0 Å². The molecule has 2 nitrogen and oxygen atoms in total. The van der Waals surface area contributed by atoms with Gasteiger partial charge in [-0.2, -0.15) is 0 Å². The molecule has 0 spiro atoms. The van der Waals surface area contributed by atoms with E-state index < -0.39 is 0 Å². The smallest absolute Gasteiger partial charge is 0.122 e. The van der Waals surface area contributed by atoms with Crippen LogP contribution >= 0.6 is 23.8 Å². The van der Waals surface area contributed by atoms with Crippen LogP contribution in [-0.2, 0) is 6.42 Å². The minimum atomic E-state index is 0.389. The molecule has 0 amide bonds. The number of halogens is 1. The second-order valence-electron chi connectivity index (χ2n) is 5.04. The molecule has 0 aromatic heterocycles. The van der Waals surface area contributed by atoms with E-state index in [1.807, 2.05) is 19.1 Å². The second kappa shape index (κ2) is 7.71. The Morgan fingerprint density at radius 2 is 2.16 bits per heavy atom. The van der Waals surface area contributed by atoms with Gasteiger partial charge in [0.15, 0.2) is 0 Å². The molecule has 0 heterocycles. The standard InChI is InChI=1S/C15H22ClNOS/c1-4-5-18-14-8-11(3)13(16)9-12(14)6-10(2)7-15(17)19/h8-10H,4-7H2,1-3H3,(H2,17,19). The highest BCUT2D eigenvalue weighted by Crippen LogP contribution is 2.29. The number of rotatable bonds is 7. The Morgan fingerprint density at radius 1 is 1.47 bits per heavy atom. The van der Waals surface area contributed by atoms with Crippen molar-refractivity contribution in [3.05, 3.63) is 28.3 Å². The lowest BCUT2D eigenvalue weighted by Gasteiger charge is -2.16. The first kappa shape index (κ1) is 16.3. The normalized spacial score (nSPS) is 12.2. The third-order valence-corrected chi connectivity index (χ3v) is 3.50. The fourth-order valence-corrected chi connectivity index (χ4v) is 2.46. The monoisotopic (exact) mass is 299 g/mol. The van der Waals surface area contributed by atoms with Gasteiger partial charge in [-0.3, -0.25) is 0 Å². The largest absolute Gasteiger partial charge is 0.493 e. The summed E-state index contributed by atoms with van der Waals surface area (Å²) in [6.07, 6.45) is 2.61. The maximum absolute atomic E-state index is 6.20. The number of ether oxygens (including phenoxy) is 1. The van der Waals surface area contributed by atoms with Gasteiger partial charge in [0.25, 0.3) is 0 Å². The van der Waals surface area contributed by atoms with Gasteiger partial charge in [-0.15, -0.1) is 0 Å².